The maximum absolute atomic E-state index is 13.5. The second kappa shape index (κ2) is 10.6. The Morgan fingerprint density at radius 1 is 1.24 bits per heavy atom. The van der Waals surface area contributed by atoms with Gasteiger partial charge < -0.3 is 14.4 Å². The molecule has 1 amide bonds. The number of halogens is 1. The molecule has 1 aromatic carbocycles. The summed E-state index contributed by atoms with van der Waals surface area (Å²) in [6.07, 6.45) is 9.01. The van der Waals surface area contributed by atoms with Crippen molar-refractivity contribution in [2.75, 3.05) is 25.5 Å². The van der Waals surface area contributed by atoms with Crippen LogP contribution in [0.4, 0.5) is 5.95 Å². The molecule has 8 heteroatoms. The maximum Gasteiger partial charge on any atom is 0.225 e. The number of hydrogen-bond acceptors (Lipinski definition) is 5. The molecule has 3 aromatic rings. The van der Waals surface area contributed by atoms with Gasteiger partial charge in [0.15, 0.2) is 0 Å². The Kier molecular flexibility index (Phi) is 7.51. The monoisotopic (exact) mass is 480 g/mol. The quantitative estimate of drug-likeness (QED) is 0.457. The molecule has 0 radical (unpaired) electrons. The van der Waals surface area contributed by atoms with Gasteiger partial charge in [-0.05, 0) is 37.0 Å². The van der Waals surface area contributed by atoms with Gasteiger partial charge in [-0.15, -0.1) is 0 Å². The number of aromatic nitrogens is 4. The normalized spacial score (nSPS) is 16.2. The Labute approximate surface area is 206 Å². The van der Waals surface area contributed by atoms with E-state index in [0.29, 0.717) is 29.9 Å². The van der Waals surface area contributed by atoms with Crippen LogP contribution in [0.15, 0.2) is 42.9 Å². The zero-order valence-corrected chi connectivity index (χ0v) is 21.2. The third-order valence-corrected chi connectivity index (χ3v) is 6.55. The first kappa shape index (κ1) is 24.2. The number of hydrogen-bond donors (Lipinski definition) is 0. The number of nitrogens with zero attached hydrogens (tertiary/aromatic N) is 6. The summed E-state index contributed by atoms with van der Waals surface area (Å²) >= 11 is 6.30. The number of benzene rings is 1. The molecule has 34 heavy (non-hydrogen) atoms. The third kappa shape index (κ3) is 5.25. The largest absolute Gasteiger partial charge is 0.347 e. The zero-order valence-electron chi connectivity index (χ0n) is 20.4. The van der Waals surface area contributed by atoms with Gasteiger partial charge in [0.1, 0.15) is 5.82 Å². The smallest absolute Gasteiger partial charge is 0.225 e. The summed E-state index contributed by atoms with van der Waals surface area (Å²) in [7, 11) is 3.86. The van der Waals surface area contributed by atoms with E-state index in [1.165, 1.54) is 0 Å². The molecular weight excluding hydrogens is 448 g/mol. The predicted octanol–water partition coefficient (Wildman–Crippen LogP) is 5.33. The lowest BCUT2D eigenvalue weighted by atomic mass is 9.93. The van der Waals surface area contributed by atoms with Crippen molar-refractivity contribution in [1.29, 1.82) is 0 Å². The van der Waals surface area contributed by atoms with Gasteiger partial charge in [0.25, 0.3) is 0 Å². The van der Waals surface area contributed by atoms with E-state index in [0.717, 1.165) is 48.5 Å². The van der Waals surface area contributed by atoms with Crippen molar-refractivity contribution in [3.63, 3.8) is 0 Å². The van der Waals surface area contributed by atoms with Gasteiger partial charge in [-0.3, -0.25) is 4.79 Å². The summed E-state index contributed by atoms with van der Waals surface area (Å²) in [5.41, 5.74) is 2.78. The lowest BCUT2D eigenvalue weighted by Crippen LogP contribution is -2.39. The third-order valence-electron chi connectivity index (χ3n) is 6.31. The van der Waals surface area contributed by atoms with Crippen LogP contribution in [0.3, 0.4) is 0 Å². The SMILES string of the molecule is CC(C)c1nccn1CCC(=O)N1CCCC[C@H]1c1nc(N(C)C)ncc1-c1cccc(Cl)c1. The number of likely N-dealkylation sites (tertiary alicyclic amines) is 1. The Morgan fingerprint density at radius 3 is 2.79 bits per heavy atom. The number of anilines is 1. The van der Waals surface area contributed by atoms with E-state index in [2.05, 4.69) is 28.4 Å². The van der Waals surface area contributed by atoms with Crippen LogP contribution in [0.25, 0.3) is 11.1 Å². The second-order valence-corrected chi connectivity index (χ2v) is 9.79. The lowest BCUT2D eigenvalue weighted by Gasteiger charge is -2.36. The Balaban J connectivity index is 1.65. The van der Waals surface area contributed by atoms with Crippen LogP contribution in [0, 0.1) is 0 Å². The van der Waals surface area contributed by atoms with Crippen molar-refractivity contribution in [3.05, 3.63) is 59.4 Å². The first-order chi connectivity index (χ1) is 16.3. The molecule has 1 atom stereocenters. The summed E-state index contributed by atoms with van der Waals surface area (Å²) in [5.74, 6) is 2.12. The molecule has 1 fully saturated rings. The number of carbonyl (C=O) groups excluding carboxylic acids is 1. The van der Waals surface area contributed by atoms with E-state index in [1.807, 2.05) is 66.8 Å². The molecule has 0 saturated carbocycles. The molecule has 0 spiro atoms. The minimum Gasteiger partial charge on any atom is -0.347 e. The average molecular weight is 481 g/mol. The van der Waals surface area contributed by atoms with Gasteiger partial charge in [-0.25, -0.2) is 15.0 Å². The van der Waals surface area contributed by atoms with Gasteiger partial charge in [-0.2, -0.15) is 0 Å². The minimum absolute atomic E-state index is 0.0933. The van der Waals surface area contributed by atoms with E-state index >= 15 is 0 Å². The molecule has 0 unspecified atom stereocenters. The van der Waals surface area contributed by atoms with Crippen LogP contribution in [0.1, 0.15) is 63.0 Å². The predicted molar refractivity (Wildman–Crippen MR) is 136 cm³/mol. The van der Waals surface area contributed by atoms with Crippen LogP contribution in [0.5, 0.6) is 0 Å². The van der Waals surface area contributed by atoms with Crippen LogP contribution in [-0.4, -0.2) is 51.0 Å². The molecule has 0 N–H and O–H groups in total. The molecule has 0 aliphatic carbocycles. The summed E-state index contributed by atoms with van der Waals surface area (Å²) < 4.78 is 2.09. The van der Waals surface area contributed by atoms with E-state index in [1.54, 1.807) is 0 Å². The Morgan fingerprint density at radius 2 is 2.06 bits per heavy atom. The number of rotatable bonds is 7. The van der Waals surface area contributed by atoms with Crippen LogP contribution < -0.4 is 4.90 Å². The molecule has 1 aliphatic heterocycles. The highest BCUT2D eigenvalue weighted by molar-refractivity contribution is 6.30. The van der Waals surface area contributed by atoms with E-state index in [9.17, 15) is 4.79 Å². The van der Waals surface area contributed by atoms with Crippen LogP contribution in [-0.2, 0) is 11.3 Å². The molecule has 3 heterocycles. The van der Waals surface area contributed by atoms with Crippen molar-refractivity contribution < 1.29 is 4.79 Å². The summed E-state index contributed by atoms with van der Waals surface area (Å²) in [5, 5.41) is 0.665. The fourth-order valence-electron chi connectivity index (χ4n) is 4.62. The molecule has 2 aromatic heterocycles. The molecule has 1 aliphatic rings. The standard InChI is InChI=1S/C26H33ClN6O/c1-18(2)25-28-12-15-32(25)14-11-23(34)33-13-6-5-10-22(33)24-21(17-29-26(30-24)31(3)4)19-8-7-9-20(27)16-19/h7-9,12,15-18,22H,5-6,10-11,13-14H2,1-4H3/t22-/m0/s1. The summed E-state index contributed by atoms with van der Waals surface area (Å²) in [4.78, 5) is 31.4. The van der Waals surface area contributed by atoms with Crippen molar-refractivity contribution in [2.24, 2.45) is 0 Å². The zero-order chi connectivity index (χ0) is 24.2. The highest BCUT2D eigenvalue weighted by Gasteiger charge is 2.31. The van der Waals surface area contributed by atoms with Crippen molar-refractivity contribution in [2.45, 2.75) is 58.0 Å². The molecule has 1 saturated heterocycles. The van der Waals surface area contributed by atoms with Gasteiger partial charge in [0, 0.05) is 68.7 Å². The average Bonchev–Trinajstić information content (AvgIpc) is 3.31. The van der Waals surface area contributed by atoms with Gasteiger partial charge >= 0.3 is 0 Å². The summed E-state index contributed by atoms with van der Waals surface area (Å²) in [6.45, 7) is 5.61. The highest BCUT2D eigenvalue weighted by atomic mass is 35.5. The summed E-state index contributed by atoms with van der Waals surface area (Å²) in [6, 6.07) is 7.65. The fraction of sp³-hybridized carbons (Fsp3) is 0.462. The highest BCUT2D eigenvalue weighted by Crippen LogP contribution is 2.37. The second-order valence-electron chi connectivity index (χ2n) is 9.36. The fourth-order valence-corrected chi connectivity index (χ4v) is 4.81. The Bertz CT molecular complexity index is 1140. The van der Waals surface area contributed by atoms with Crippen molar-refractivity contribution in [1.82, 2.24) is 24.4 Å². The lowest BCUT2D eigenvalue weighted by molar-refractivity contribution is -0.135. The van der Waals surface area contributed by atoms with E-state index < -0.39 is 0 Å². The van der Waals surface area contributed by atoms with Crippen molar-refractivity contribution >= 4 is 23.5 Å². The first-order valence-corrected chi connectivity index (χ1v) is 12.3. The van der Waals surface area contributed by atoms with Gasteiger partial charge in [-0.1, -0.05) is 37.6 Å². The number of carbonyl (C=O) groups is 1. The molecule has 180 valence electrons. The van der Waals surface area contributed by atoms with Crippen LogP contribution in [0.2, 0.25) is 5.02 Å². The number of imidazole rings is 1. The van der Waals surface area contributed by atoms with Gasteiger partial charge in [0.05, 0.1) is 11.7 Å². The van der Waals surface area contributed by atoms with E-state index in [-0.39, 0.29) is 11.9 Å². The number of piperidine rings is 1. The topological polar surface area (TPSA) is 67.2 Å². The van der Waals surface area contributed by atoms with Crippen molar-refractivity contribution in [3.8, 4) is 11.1 Å². The Hall–Kier alpha value is -2.93. The molecular formula is C26H33ClN6O. The minimum atomic E-state index is -0.0933. The first-order valence-electron chi connectivity index (χ1n) is 12.0. The molecule has 0 bridgehead atoms. The molecule has 7 nitrogen and oxygen atoms in total. The maximum atomic E-state index is 13.5. The van der Waals surface area contributed by atoms with Gasteiger partial charge in [0.2, 0.25) is 11.9 Å². The van der Waals surface area contributed by atoms with E-state index in [4.69, 9.17) is 16.6 Å². The number of amides is 1. The number of aryl methyl sites for hydroxylation is 1. The van der Waals surface area contributed by atoms with Crippen LogP contribution >= 0.6 is 11.6 Å². The molecule has 4 rings (SSSR count).